The van der Waals surface area contributed by atoms with Crippen molar-refractivity contribution in [2.75, 3.05) is 38.0 Å². The minimum absolute atomic E-state index is 0.0259. The summed E-state index contributed by atoms with van der Waals surface area (Å²) in [6.45, 7) is 2.38. The third kappa shape index (κ3) is 16.5. The Morgan fingerprint density at radius 1 is 0.527 bits per heavy atom. The second-order valence-electron chi connectivity index (χ2n) is 19.2. The molecule has 0 unspecified atom stereocenters. The van der Waals surface area contributed by atoms with Gasteiger partial charge in [0.15, 0.2) is 11.5 Å². The highest BCUT2D eigenvalue weighted by Gasteiger charge is 2.31. The summed E-state index contributed by atoms with van der Waals surface area (Å²) in [5.41, 5.74) is -0.0286. The van der Waals surface area contributed by atoms with Crippen molar-refractivity contribution >= 4 is 181 Å². The highest BCUT2D eigenvalue weighted by atomic mass is 79.9. The Hall–Kier alpha value is -8.83. The molecule has 4 heterocycles. The number of rotatable bonds is 20. The molecular weight excluding hydrogens is 1420 g/mol. The van der Waals surface area contributed by atoms with Gasteiger partial charge in [-0.15, -0.1) is 46.6 Å². The Kier molecular flexibility index (Phi) is 21.1. The maximum atomic E-state index is 13.2. The summed E-state index contributed by atoms with van der Waals surface area (Å²) in [5.74, 6) is -4.19. The van der Waals surface area contributed by atoms with E-state index < -0.39 is 59.7 Å². The van der Waals surface area contributed by atoms with Crippen molar-refractivity contribution < 1.29 is 88.2 Å². The monoisotopic (exact) mass is 1470 g/mol. The molecule has 0 saturated carbocycles. The largest absolute Gasteiger partial charge is 0.506 e. The Morgan fingerprint density at radius 2 is 1.00 bits per heavy atom. The van der Waals surface area contributed by atoms with E-state index in [0.717, 1.165) is 79.4 Å². The van der Waals surface area contributed by atoms with Crippen LogP contribution >= 0.6 is 62.6 Å². The fourth-order valence-electron chi connectivity index (χ4n) is 8.79. The van der Waals surface area contributed by atoms with Crippen LogP contribution in [-0.4, -0.2) is 113 Å². The van der Waals surface area contributed by atoms with Crippen LogP contribution in [-0.2, 0) is 50.6 Å². The van der Waals surface area contributed by atoms with Crippen molar-refractivity contribution in [3.63, 3.8) is 0 Å². The number of thiophene rings is 1. The molecule has 0 aliphatic carbocycles. The van der Waals surface area contributed by atoms with Crippen molar-refractivity contribution in [2.24, 2.45) is 0 Å². The number of nitrogens with zero attached hydrogens (tertiary/aromatic N) is 3. The normalized spacial score (nSPS) is 11.8. The van der Waals surface area contributed by atoms with Gasteiger partial charge >= 0.3 is 24.1 Å². The molecule has 7 aromatic carbocycles. The average Bonchev–Trinajstić information content (AvgIpc) is 1.16. The molecule has 11 rings (SSSR count). The lowest BCUT2D eigenvalue weighted by atomic mass is 10.1. The van der Waals surface area contributed by atoms with Crippen LogP contribution in [0.5, 0.6) is 23.0 Å². The number of aromatic nitrogens is 3. The van der Waals surface area contributed by atoms with Crippen LogP contribution in [0.25, 0.3) is 53.6 Å². The number of hydrogen-bond donors (Lipinski definition) is 9. The summed E-state index contributed by atoms with van der Waals surface area (Å²) in [6, 6.07) is 33.5. The Bertz CT molecular complexity index is 5090. The molecule has 0 aliphatic rings. The number of ether oxygens (including phenoxy) is 1. The van der Waals surface area contributed by atoms with Crippen LogP contribution in [0.1, 0.15) is 12.5 Å². The van der Waals surface area contributed by atoms with Crippen LogP contribution in [0.2, 0.25) is 0 Å². The number of halogens is 4. The van der Waals surface area contributed by atoms with Gasteiger partial charge in [0.2, 0.25) is 0 Å². The molecule has 0 bridgehead atoms. The number of nitrogens with one attached hydrogen (secondary N) is 3. The van der Waals surface area contributed by atoms with E-state index >= 15 is 0 Å². The lowest BCUT2D eigenvalue weighted by Crippen LogP contribution is -2.13. The first kappa shape index (κ1) is 68.5. The zero-order valence-electron chi connectivity index (χ0n) is 47.3. The Balaban J connectivity index is 0.000000166. The predicted molar refractivity (Wildman–Crippen MR) is 354 cm³/mol. The van der Waals surface area contributed by atoms with Gasteiger partial charge < -0.3 is 35.4 Å². The first-order valence-corrected chi connectivity index (χ1v) is 35.5. The summed E-state index contributed by atoms with van der Waals surface area (Å²) in [4.78, 5) is 45.4. The smallest absolute Gasteiger partial charge is 0.416 e. The number of alkyl halides is 3. The van der Waals surface area contributed by atoms with Gasteiger partial charge in [-0.25, -0.2) is 25.3 Å². The SMILES string of the molecule is CCOc1ccc2sc(S(=O)(=O)Nc3cc(SCC(=O)O)c(O)c4ncccc34)cc2c1.O=C(O)CSc1cc(NS(=O)(=O)c2ccc(Br)cc2)c2ncccc2c1O.O=C(O)CSc1cc(NS(=O)(=O)c2ccc3ccc(C(F)(F)F)cc3c2)c2cccnc2c1O. The fourth-order valence-corrected chi connectivity index (χ4v) is 15.8. The van der Waals surface area contributed by atoms with Crippen LogP contribution in [0.15, 0.2) is 191 Å². The number of hydrogen-bond acceptors (Lipinski definition) is 20. The van der Waals surface area contributed by atoms with Crippen LogP contribution in [0.4, 0.5) is 30.2 Å². The maximum absolute atomic E-state index is 13.2. The van der Waals surface area contributed by atoms with E-state index in [0.29, 0.717) is 28.5 Å². The molecule has 9 N–H and O–H groups in total. The number of carboxylic acid groups (broad SMARTS) is 3. The van der Waals surface area contributed by atoms with Gasteiger partial charge in [0.25, 0.3) is 30.1 Å². The highest BCUT2D eigenvalue weighted by molar-refractivity contribution is 9.10. The lowest BCUT2D eigenvalue weighted by molar-refractivity contribution is -0.137. The quantitative estimate of drug-likeness (QED) is 0.0253. The molecule has 22 nitrogen and oxygen atoms in total. The average molecular weight is 1470 g/mol. The molecule has 0 aliphatic heterocycles. The minimum Gasteiger partial charge on any atom is -0.506 e. The standard InChI is InChI=1S/C22H15F3N2O5S2.C21H18N2O6S3.C17H13BrN2O5S2/c23-22(24,25)14-5-3-12-4-6-15(9-13(12)8-14)34(31,32)27-17-10-18(33-11-19(28)29)21(30)20-16(17)2-1-7-26-20;1-2-29-13-5-6-16-12(8-13)9-19(31-16)32(27,28)23-15-10-17(30-11-18(24)25)21(26)20-14(15)4-3-7-22-20;18-10-3-5-11(6-4-10)27(24,25)20-13-8-14(26-9-15(21)22)17(23)12-2-1-7-19-16(12)13/h1-10,27,30H,11H2,(H,28,29);3-10,23,26H,2,11H2,1H3,(H,24,25);1-8,20,23H,9H2,(H,21,22). The van der Waals surface area contributed by atoms with Gasteiger partial charge in [0.1, 0.15) is 26.7 Å². The number of phenolic OH excluding ortho intramolecular Hbond substituents is 3. The summed E-state index contributed by atoms with van der Waals surface area (Å²) < 4.78 is 132. The number of pyridine rings is 3. The van der Waals surface area contributed by atoms with Gasteiger partial charge in [-0.2, -0.15) is 13.2 Å². The highest BCUT2D eigenvalue weighted by Crippen LogP contribution is 2.44. The van der Waals surface area contributed by atoms with Gasteiger partial charge in [0, 0.05) is 43.9 Å². The summed E-state index contributed by atoms with van der Waals surface area (Å²) in [6.07, 6.45) is -0.256. The van der Waals surface area contributed by atoms with E-state index in [1.54, 1.807) is 54.6 Å². The van der Waals surface area contributed by atoms with E-state index in [4.69, 9.17) is 20.1 Å². The van der Waals surface area contributed by atoms with E-state index in [1.165, 1.54) is 79.3 Å². The second-order valence-corrected chi connectivity index (χ2v) is 29.6. The Morgan fingerprint density at radius 3 is 1.54 bits per heavy atom. The third-order valence-corrected chi connectivity index (χ3v) is 22.2. The van der Waals surface area contributed by atoms with E-state index in [-0.39, 0.29) is 108 Å². The van der Waals surface area contributed by atoms with Crippen LogP contribution in [0.3, 0.4) is 0 Å². The first-order valence-electron chi connectivity index (χ1n) is 26.5. The molecule has 0 saturated heterocycles. The zero-order valence-corrected chi connectivity index (χ0v) is 54.6. The lowest BCUT2D eigenvalue weighted by Gasteiger charge is -2.14. The fraction of sp³-hybridized carbons (Fsp3) is 0.100. The predicted octanol–water partition coefficient (Wildman–Crippen LogP) is 13.3. The number of aliphatic carboxylic acids is 3. The number of fused-ring (bicyclic) bond motifs is 5. The minimum atomic E-state index is -4.58. The number of aromatic hydroxyl groups is 3. The summed E-state index contributed by atoms with van der Waals surface area (Å²) in [5, 5.41) is 60.4. The maximum Gasteiger partial charge on any atom is 0.416 e. The van der Waals surface area contributed by atoms with Crippen molar-refractivity contribution in [3.8, 4) is 23.0 Å². The van der Waals surface area contributed by atoms with E-state index in [2.05, 4.69) is 45.0 Å². The number of phenols is 3. The van der Waals surface area contributed by atoms with Crippen molar-refractivity contribution in [3.05, 3.63) is 168 Å². The summed E-state index contributed by atoms with van der Waals surface area (Å²) in [7, 11) is -12.1. The Labute approximate surface area is 551 Å². The number of carboxylic acids is 3. The molecule has 0 amide bonds. The molecule has 11 aromatic rings. The van der Waals surface area contributed by atoms with Crippen molar-refractivity contribution in [2.45, 2.75) is 41.8 Å². The zero-order chi connectivity index (χ0) is 67.2. The van der Waals surface area contributed by atoms with Gasteiger partial charge in [-0.3, -0.25) is 43.5 Å². The molecular formula is C60H46BrF3N6O16S7. The van der Waals surface area contributed by atoms with Crippen molar-refractivity contribution in [1.82, 2.24) is 15.0 Å². The van der Waals surface area contributed by atoms with E-state index in [1.807, 2.05) is 13.0 Å². The van der Waals surface area contributed by atoms with Crippen molar-refractivity contribution in [1.29, 1.82) is 0 Å². The third-order valence-electron chi connectivity index (χ3n) is 12.9. The number of anilines is 3. The second kappa shape index (κ2) is 28.6. The topological polar surface area (TPSA) is 359 Å². The summed E-state index contributed by atoms with van der Waals surface area (Å²) >= 11 is 6.93. The number of benzene rings is 7. The van der Waals surface area contributed by atoms with E-state index in [9.17, 15) is 68.1 Å². The van der Waals surface area contributed by atoms with Crippen LogP contribution < -0.4 is 18.9 Å². The molecule has 33 heteroatoms. The molecule has 0 spiro atoms. The molecule has 0 radical (unpaired) electrons. The molecule has 0 fully saturated rings. The number of thioether (sulfide) groups is 3. The van der Waals surface area contributed by atoms with Gasteiger partial charge in [-0.1, -0.05) is 28.1 Å². The molecule has 0 atom stereocenters. The first-order chi connectivity index (χ1) is 44.0. The van der Waals surface area contributed by atoms with Crippen LogP contribution in [0, 0.1) is 0 Å². The van der Waals surface area contributed by atoms with Gasteiger partial charge in [-0.05, 0) is 150 Å². The molecule has 93 heavy (non-hydrogen) atoms. The number of carbonyl (C=O) groups is 3. The molecule has 482 valence electrons. The number of sulfonamides is 3. The van der Waals surface area contributed by atoms with Gasteiger partial charge in [0.05, 0.1) is 76.5 Å². The molecule has 4 aromatic heterocycles.